The average molecular weight is 377 g/mol. The highest BCUT2D eigenvalue weighted by Gasteiger charge is 2.35. The van der Waals surface area contributed by atoms with E-state index in [4.69, 9.17) is 9.72 Å². The number of nitrogens with one attached hydrogen (secondary N) is 1. The van der Waals surface area contributed by atoms with Crippen molar-refractivity contribution in [3.05, 3.63) is 11.8 Å². The van der Waals surface area contributed by atoms with Crippen LogP contribution in [0.4, 0.5) is 11.8 Å². The number of aliphatic carboxylic acids is 1. The molecule has 2 fully saturated rings. The topological polar surface area (TPSA) is 90.8 Å². The van der Waals surface area contributed by atoms with E-state index in [1.807, 2.05) is 0 Å². The van der Waals surface area contributed by atoms with Gasteiger partial charge in [-0.2, -0.15) is 4.98 Å². The fourth-order valence-electron chi connectivity index (χ4n) is 3.71. The quantitative estimate of drug-likeness (QED) is 0.769. The zero-order chi connectivity index (χ0) is 19.4. The van der Waals surface area contributed by atoms with Crippen molar-refractivity contribution < 1.29 is 14.6 Å². The second kappa shape index (κ2) is 8.39. The molecule has 1 atom stereocenters. The number of ether oxygens (including phenoxy) is 1. The van der Waals surface area contributed by atoms with Crippen molar-refractivity contribution in [3.8, 4) is 0 Å². The normalized spacial score (nSPS) is 21.9. The molecule has 3 rings (SSSR count). The Kier molecular flexibility index (Phi) is 6.16. The molecule has 0 aromatic carbocycles. The SMILES string of the molecule is CN1CCC[C@@H](CNc2ncc(C(C)(C)C(=O)O)c(N3CCOCC3)n2)C1. The third-order valence-electron chi connectivity index (χ3n) is 5.56. The van der Waals surface area contributed by atoms with Gasteiger partial charge in [0.15, 0.2) is 0 Å². The first-order valence-corrected chi connectivity index (χ1v) is 9.74. The molecule has 8 nitrogen and oxygen atoms in total. The maximum atomic E-state index is 11.8. The molecule has 2 N–H and O–H groups in total. The Morgan fingerprint density at radius 2 is 2.11 bits per heavy atom. The molecular formula is C19H31N5O3. The monoisotopic (exact) mass is 377 g/mol. The molecule has 0 saturated carbocycles. The molecule has 0 unspecified atom stereocenters. The zero-order valence-electron chi connectivity index (χ0n) is 16.6. The summed E-state index contributed by atoms with van der Waals surface area (Å²) in [7, 11) is 2.15. The number of piperidine rings is 1. The molecule has 150 valence electrons. The highest BCUT2D eigenvalue weighted by atomic mass is 16.5. The lowest BCUT2D eigenvalue weighted by Crippen LogP contribution is -2.40. The van der Waals surface area contributed by atoms with Crippen LogP contribution in [0.3, 0.4) is 0 Å². The summed E-state index contributed by atoms with van der Waals surface area (Å²) in [5, 5.41) is 13.0. The van der Waals surface area contributed by atoms with E-state index in [-0.39, 0.29) is 0 Å². The van der Waals surface area contributed by atoms with Gasteiger partial charge in [-0.3, -0.25) is 4.79 Å². The Hall–Kier alpha value is -1.93. The third-order valence-corrected chi connectivity index (χ3v) is 5.56. The highest BCUT2D eigenvalue weighted by molar-refractivity contribution is 5.82. The van der Waals surface area contributed by atoms with Gasteiger partial charge in [0.1, 0.15) is 5.82 Å². The molecule has 8 heteroatoms. The molecule has 1 aromatic rings. The minimum atomic E-state index is -1.06. The maximum Gasteiger partial charge on any atom is 0.313 e. The summed E-state index contributed by atoms with van der Waals surface area (Å²) >= 11 is 0. The Labute approximate surface area is 160 Å². The van der Waals surface area contributed by atoms with Gasteiger partial charge in [-0.05, 0) is 46.2 Å². The highest BCUT2D eigenvalue weighted by Crippen LogP contribution is 2.32. The van der Waals surface area contributed by atoms with Gasteiger partial charge in [0, 0.05) is 37.9 Å². The van der Waals surface area contributed by atoms with Crippen molar-refractivity contribution in [2.24, 2.45) is 5.92 Å². The van der Waals surface area contributed by atoms with Crippen molar-refractivity contribution >= 4 is 17.7 Å². The second-order valence-corrected chi connectivity index (χ2v) is 8.11. The first kappa shape index (κ1) is 19.8. The molecule has 0 spiro atoms. The molecule has 2 aliphatic rings. The molecule has 1 aromatic heterocycles. The molecule has 3 heterocycles. The van der Waals surface area contributed by atoms with Gasteiger partial charge in [-0.25, -0.2) is 4.98 Å². The standard InChI is InChI=1S/C19H31N5O3/c1-19(2,17(25)26)15-12-21-18(20-11-14-5-4-6-23(3)13-14)22-16(15)24-7-9-27-10-8-24/h12,14H,4-11,13H2,1-3H3,(H,25,26)(H,20,21,22)/t14-/m0/s1. The maximum absolute atomic E-state index is 11.8. The van der Waals surface area contributed by atoms with Crippen LogP contribution in [0.25, 0.3) is 0 Å². The molecule has 0 radical (unpaired) electrons. The number of carboxylic acid groups (broad SMARTS) is 1. The van der Waals surface area contributed by atoms with Crippen LogP contribution in [0.2, 0.25) is 0 Å². The number of anilines is 2. The number of morpholine rings is 1. The van der Waals surface area contributed by atoms with Crippen LogP contribution in [0.15, 0.2) is 6.20 Å². The minimum absolute atomic E-state index is 0.564. The fraction of sp³-hybridized carbons (Fsp3) is 0.737. The molecule has 2 aliphatic heterocycles. The summed E-state index contributed by atoms with van der Waals surface area (Å²) in [6.45, 7) is 9.10. The summed E-state index contributed by atoms with van der Waals surface area (Å²) in [6, 6.07) is 0. The Morgan fingerprint density at radius 1 is 1.37 bits per heavy atom. The summed E-state index contributed by atoms with van der Waals surface area (Å²) in [6.07, 6.45) is 4.09. The first-order chi connectivity index (χ1) is 12.9. The average Bonchev–Trinajstić information content (AvgIpc) is 2.67. The fourth-order valence-corrected chi connectivity index (χ4v) is 3.71. The molecule has 27 heavy (non-hydrogen) atoms. The summed E-state index contributed by atoms with van der Waals surface area (Å²) < 4.78 is 5.44. The van der Waals surface area contributed by atoms with Crippen molar-refractivity contribution in [1.82, 2.24) is 14.9 Å². The number of hydrogen-bond acceptors (Lipinski definition) is 7. The minimum Gasteiger partial charge on any atom is -0.481 e. The van der Waals surface area contributed by atoms with Crippen LogP contribution in [-0.2, 0) is 14.9 Å². The van der Waals surface area contributed by atoms with Crippen molar-refractivity contribution in [3.63, 3.8) is 0 Å². The predicted molar refractivity (Wildman–Crippen MR) is 104 cm³/mol. The molecular weight excluding hydrogens is 346 g/mol. The van der Waals surface area contributed by atoms with Gasteiger partial charge in [0.2, 0.25) is 5.95 Å². The van der Waals surface area contributed by atoms with Crippen LogP contribution in [0, 0.1) is 5.92 Å². The number of rotatable bonds is 6. The van der Waals surface area contributed by atoms with E-state index >= 15 is 0 Å². The number of likely N-dealkylation sites (tertiary alicyclic amines) is 1. The van der Waals surface area contributed by atoms with Gasteiger partial charge in [0.05, 0.1) is 18.6 Å². The predicted octanol–water partition coefficient (Wildman–Crippen LogP) is 1.43. The van der Waals surface area contributed by atoms with E-state index in [0.717, 1.165) is 19.6 Å². The van der Waals surface area contributed by atoms with Gasteiger partial charge in [0.25, 0.3) is 0 Å². The van der Waals surface area contributed by atoms with Gasteiger partial charge >= 0.3 is 5.97 Å². The number of carbonyl (C=O) groups is 1. The largest absolute Gasteiger partial charge is 0.481 e. The van der Waals surface area contributed by atoms with Gasteiger partial charge in [-0.15, -0.1) is 0 Å². The molecule has 0 bridgehead atoms. The first-order valence-electron chi connectivity index (χ1n) is 9.74. The van der Waals surface area contributed by atoms with Gasteiger partial charge < -0.3 is 25.0 Å². The van der Waals surface area contributed by atoms with Crippen molar-refractivity contribution in [2.75, 3.05) is 63.2 Å². The number of carboxylic acids is 1. The third kappa shape index (κ3) is 4.68. The van der Waals surface area contributed by atoms with Crippen molar-refractivity contribution in [2.45, 2.75) is 32.1 Å². The van der Waals surface area contributed by atoms with E-state index in [1.165, 1.54) is 12.8 Å². The van der Waals surface area contributed by atoms with Crippen LogP contribution in [0.5, 0.6) is 0 Å². The zero-order valence-corrected chi connectivity index (χ0v) is 16.6. The van der Waals surface area contributed by atoms with E-state index < -0.39 is 11.4 Å². The van der Waals surface area contributed by atoms with E-state index in [1.54, 1.807) is 20.0 Å². The van der Waals surface area contributed by atoms with Crippen LogP contribution < -0.4 is 10.2 Å². The van der Waals surface area contributed by atoms with E-state index in [0.29, 0.717) is 49.6 Å². The van der Waals surface area contributed by atoms with Crippen molar-refractivity contribution in [1.29, 1.82) is 0 Å². The number of nitrogens with zero attached hydrogens (tertiary/aromatic N) is 4. The Bertz CT molecular complexity index is 661. The summed E-state index contributed by atoms with van der Waals surface area (Å²) in [4.78, 5) is 25.4. The molecule has 0 aliphatic carbocycles. The lowest BCUT2D eigenvalue weighted by molar-refractivity contribution is -0.142. The molecule has 0 amide bonds. The van der Waals surface area contributed by atoms with Crippen LogP contribution >= 0.6 is 0 Å². The Balaban J connectivity index is 1.80. The molecule has 2 saturated heterocycles. The van der Waals surface area contributed by atoms with Crippen LogP contribution in [0.1, 0.15) is 32.3 Å². The summed E-state index contributed by atoms with van der Waals surface area (Å²) in [5.41, 5.74) is -0.419. The van der Waals surface area contributed by atoms with Crippen LogP contribution in [-0.4, -0.2) is 78.9 Å². The lowest BCUT2D eigenvalue weighted by Gasteiger charge is -2.33. The van der Waals surface area contributed by atoms with E-state index in [9.17, 15) is 9.90 Å². The smallest absolute Gasteiger partial charge is 0.313 e. The van der Waals surface area contributed by atoms with Gasteiger partial charge in [-0.1, -0.05) is 0 Å². The summed E-state index contributed by atoms with van der Waals surface area (Å²) in [5.74, 6) is 0.958. The Morgan fingerprint density at radius 3 is 2.78 bits per heavy atom. The van der Waals surface area contributed by atoms with E-state index in [2.05, 4.69) is 27.1 Å². The second-order valence-electron chi connectivity index (χ2n) is 8.11. The number of aromatic nitrogens is 2. The lowest BCUT2D eigenvalue weighted by atomic mass is 9.85. The number of hydrogen-bond donors (Lipinski definition) is 2.